The number of allylic oxidation sites excluding steroid dienone is 2. The van der Waals surface area contributed by atoms with Crippen LogP contribution in [0.3, 0.4) is 0 Å². The quantitative estimate of drug-likeness (QED) is 0.201. The lowest BCUT2D eigenvalue weighted by Crippen LogP contribution is -2.36. The first kappa shape index (κ1) is 30.4. The molecular formula is C39H39N3O5. The molecule has 1 fully saturated rings. The first-order valence-corrected chi connectivity index (χ1v) is 16.1. The molecule has 0 saturated carbocycles. The molecular weight excluding hydrogens is 590 g/mol. The van der Waals surface area contributed by atoms with E-state index in [-0.39, 0.29) is 5.91 Å². The molecule has 8 nitrogen and oxygen atoms in total. The number of fused-ring (bicyclic) bond motifs is 1. The summed E-state index contributed by atoms with van der Waals surface area (Å²) in [6.45, 7) is 3.90. The van der Waals surface area contributed by atoms with Gasteiger partial charge in [-0.3, -0.25) is 4.79 Å². The molecule has 7 rings (SSSR count). The average Bonchev–Trinajstić information content (AvgIpc) is 3.26. The normalized spacial score (nSPS) is 15.8. The number of carbonyl (C=O) groups is 1. The standard InChI is InChI=1S/C39H39N3O5/c1-44-31-10-4-27(5-11-31)33-14-6-29(25-38(33)45-2)28-7-15-34-36(24-28)40-35-16-3-26(23-37(35)41-39(34)43)17-20-47-32-12-8-30(9-13-32)42-18-21-46-22-19-42/h3-6,8-14,16,23-25,40H,7,15,17-22H2,1-2H3,(H,41,43). The molecule has 2 heterocycles. The van der Waals surface area contributed by atoms with Crippen molar-refractivity contribution in [3.8, 4) is 28.4 Å². The van der Waals surface area contributed by atoms with Gasteiger partial charge in [0.15, 0.2) is 0 Å². The van der Waals surface area contributed by atoms with Crippen LogP contribution in [0.1, 0.15) is 24.0 Å². The van der Waals surface area contributed by atoms with Crippen molar-refractivity contribution in [3.05, 3.63) is 113 Å². The number of amides is 1. The third-order valence-corrected chi connectivity index (χ3v) is 9.01. The van der Waals surface area contributed by atoms with Gasteiger partial charge in [-0.05, 0) is 95.8 Å². The molecule has 0 radical (unpaired) electrons. The third kappa shape index (κ3) is 6.69. The summed E-state index contributed by atoms with van der Waals surface area (Å²) in [5.74, 6) is 2.39. The number of hydrogen-bond acceptors (Lipinski definition) is 7. The van der Waals surface area contributed by atoms with Crippen molar-refractivity contribution >= 4 is 28.5 Å². The van der Waals surface area contributed by atoms with Gasteiger partial charge in [-0.2, -0.15) is 0 Å². The van der Waals surface area contributed by atoms with E-state index in [2.05, 4.69) is 58.0 Å². The van der Waals surface area contributed by atoms with Crippen LogP contribution in [0, 0.1) is 0 Å². The summed E-state index contributed by atoms with van der Waals surface area (Å²) < 4.78 is 22.6. The van der Waals surface area contributed by atoms with Crippen LogP contribution in [0.4, 0.5) is 17.1 Å². The number of rotatable bonds is 9. The lowest BCUT2D eigenvalue weighted by molar-refractivity contribution is -0.113. The monoisotopic (exact) mass is 629 g/mol. The Bertz CT molecular complexity index is 1820. The molecule has 3 aliphatic rings. The maximum absolute atomic E-state index is 13.4. The highest BCUT2D eigenvalue weighted by Gasteiger charge is 2.25. The van der Waals surface area contributed by atoms with Crippen molar-refractivity contribution in [2.24, 2.45) is 0 Å². The van der Waals surface area contributed by atoms with E-state index < -0.39 is 0 Å². The van der Waals surface area contributed by atoms with Crippen molar-refractivity contribution in [1.82, 2.24) is 0 Å². The largest absolute Gasteiger partial charge is 0.497 e. The maximum atomic E-state index is 13.4. The summed E-state index contributed by atoms with van der Waals surface area (Å²) in [7, 11) is 3.36. The molecule has 0 unspecified atom stereocenters. The Labute approximate surface area is 275 Å². The van der Waals surface area contributed by atoms with Crippen LogP contribution >= 0.6 is 0 Å². The zero-order valence-electron chi connectivity index (χ0n) is 26.8. The number of morpholine rings is 1. The van der Waals surface area contributed by atoms with E-state index in [4.69, 9.17) is 18.9 Å². The van der Waals surface area contributed by atoms with Gasteiger partial charge in [0.05, 0.1) is 45.4 Å². The van der Waals surface area contributed by atoms with E-state index in [9.17, 15) is 4.79 Å². The number of ether oxygens (including phenoxy) is 4. The summed E-state index contributed by atoms with van der Waals surface area (Å²) in [5.41, 5.74) is 9.82. The Morgan fingerprint density at radius 2 is 1.53 bits per heavy atom. The lowest BCUT2D eigenvalue weighted by Gasteiger charge is -2.28. The predicted octanol–water partition coefficient (Wildman–Crippen LogP) is 7.32. The summed E-state index contributed by atoms with van der Waals surface area (Å²) in [6, 6.07) is 28.7. The summed E-state index contributed by atoms with van der Waals surface area (Å²) >= 11 is 0. The van der Waals surface area contributed by atoms with Gasteiger partial charge >= 0.3 is 0 Å². The first-order valence-electron chi connectivity index (χ1n) is 16.1. The summed E-state index contributed by atoms with van der Waals surface area (Å²) in [4.78, 5) is 15.7. The molecule has 4 aromatic carbocycles. The highest BCUT2D eigenvalue weighted by molar-refractivity contribution is 6.09. The van der Waals surface area contributed by atoms with Gasteiger partial charge in [-0.15, -0.1) is 0 Å². The van der Waals surface area contributed by atoms with Crippen LogP contribution in [0.15, 0.2) is 102 Å². The molecule has 47 heavy (non-hydrogen) atoms. The zero-order chi connectivity index (χ0) is 32.2. The Hall–Kier alpha value is -5.21. The van der Waals surface area contributed by atoms with Crippen LogP contribution in [0.5, 0.6) is 17.2 Å². The topological polar surface area (TPSA) is 81.3 Å². The fraction of sp³-hybridized carbons (Fsp3) is 0.256. The molecule has 4 aromatic rings. The molecule has 0 bridgehead atoms. The number of anilines is 3. The molecule has 0 spiro atoms. The second-order valence-electron chi connectivity index (χ2n) is 11.9. The highest BCUT2D eigenvalue weighted by atomic mass is 16.5. The van der Waals surface area contributed by atoms with Crippen molar-refractivity contribution in [1.29, 1.82) is 0 Å². The molecule has 1 amide bonds. The average molecular weight is 630 g/mol. The molecule has 0 atom stereocenters. The lowest BCUT2D eigenvalue weighted by atomic mass is 9.90. The maximum Gasteiger partial charge on any atom is 0.253 e. The molecule has 0 aromatic heterocycles. The van der Waals surface area contributed by atoms with E-state index in [1.54, 1.807) is 14.2 Å². The van der Waals surface area contributed by atoms with Gasteiger partial charge in [-0.1, -0.05) is 30.3 Å². The van der Waals surface area contributed by atoms with Gasteiger partial charge in [0, 0.05) is 42.0 Å². The van der Waals surface area contributed by atoms with Crippen molar-refractivity contribution in [2.45, 2.75) is 19.3 Å². The number of carbonyl (C=O) groups excluding carboxylic acids is 1. The van der Waals surface area contributed by atoms with Crippen LogP contribution < -0.4 is 29.7 Å². The van der Waals surface area contributed by atoms with E-state index in [1.807, 2.05) is 48.5 Å². The summed E-state index contributed by atoms with van der Waals surface area (Å²) in [5, 5.41) is 6.69. The fourth-order valence-electron chi connectivity index (χ4n) is 6.37. The van der Waals surface area contributed by atoms with Gasteiger partial charge in [-0.25, -0.2) is 0 Å². The predicted molar refractivity (Wildman–Crippen MR) is 187 cm³/mol. The fourth-order valence-corrected chi connectivity index (χ4v) is 6.37. The van der Waals surface area contributed by atoms with Crippen LogP contribution in [-0.2, 0) is 16.0 Å². The Kier molecular flexibility index (Phi) is 8.84. The van der Waals surface area contributed by atoms with E-state index in [0.29, 0.717) is 13.0 Å². The zero-order valence-corrected chi connectivity index (χ0v) is 26.8. The molecule has 1 saturated heterocycles. The van der Waals surface area contributed by atoms with Crippen LogP contribution in [0.25, 0.3) is 16.7 Å². The third-order valence-electron chi connectivity index (χ3n) is 9.01. The second kappa shape index (κ2) is 13.6. The highest BCUT2D eigenvalue weighted by Crippen LogP contribution is 2.39. The van der Waals surface area contributed by atoms with E-state index in [1.165, 1.54) is 5.69 Å². The number of nitrogens with one attached hydrogen (secondary N) is 2. The van der Waals surface area contributed by atoms with E-state index >= 15 is 0 Å². The van der Waals surface area contributed by atoms with Crippen molar-refractivity contribution in [2.75, 3.05) is 62.7 Å². The minimum Gasteiger partial charge on any atom is -0.497 e. The van der Waals surface area contributed by atoms with Crippen molar-refractivity contribution < 1.29 is 23.7 Å². The Balaban J connectivity index is 1.02. The Morgan fingerprint density at radius 1 is 0.766 bits per heavy atom. The minimum atomic E-state index is -0.0669. The molecule has 1 aliphatic carbocycles. The van der Waals surface area contributed by atoms with Gasteiger partial charge in [0.1, 0.15) is 17.2 Å². The number of nitrogens with zero attached hydrogens (tertiary/aromatic N) is 1. The van der Waals surface area contributed by atoms with Gasteiger partial charge in [0.25, 0.3) is 5.91 Å². The number of benzene rings is 4. The molecule has 2 aliphatic heterocycles. The van der Waals surface area contributed by atoms with Gasteiger partial charge in [0.2, 0.25) is 0 Å². The van der Waals surface area contributed by atoms with Crippen LogP contribution in [0.2, 0.25) is 0 Å². The van der Waals surface area contributed by atoms with E-state index in [0.717, 1.165) is 107 Å². The minimum absolute atomic E-state index is 0.0669. The van der Waals surface area contributed by atoms with Crippen LogP contribution in [-0.4, -0.2) is 53.0 Å². The SMILES string of the molecule is COc1ccc(-c2ccc(C3=CC4=C(CC3)C(=O)Nc3cc(CCOc5ccc(N6CCOCC6)cc5)ccc3N4)cc2OC)cc1. The first-order chi connectivity index (χ1) is 23.1. The number of hydrogen-bond donors (Lipinski definition) is 2. The molecule has 8 heteroatoms. The smallest absolute Gasteiger partial charge is 0.253 e. The Morgan fingerprint density at radius 3 is 2.30 bits per heavy atom. The van der Waals surface area contributed by atoms with Gasteiger partial charge < -0.3 is 34.5 Å². The van der Waals surface area contributed by atoms with Crippen molar-refractivity contribution in [3.63, 3.8) is 0 Å². The second-order valence-corrected chi connectivity index (χ2v) is 11.9. The summed E-state index contributed by atoms with van der Waals surface area (Å²) in [6.07, 6.45) is 4.22. The molecule has 2 N–H and O–H groups in total. The number of methoxy groups -OCH3 is 2. The molecule has 240 valence electrons.